The van der Waals surface area contributed by atoms with E-state index in [0.29, 0.717) is 18.9 Å². The summed E-state index contributed by atoms with van der Waals surface area (Å²) in [5.41, 5.74) is 1.54. The minimum Gasteiger partial charge on any atom is -0.451 e. The third-order valence-electron chi connectivity index (χ3n) is 3.50. The molecule has 22 heavy (non-hydrogen) atoms. The van der Waals surface area contributed by atoms with Gasteiger partial charge in [-0.3, -0.25) is 4.79 Å². The summed E-state index contributed by atoms with van der Waals surface area (Å²) < 4.78 is 11.5. The molecule has 1 aromatic carbocycles. The monoisotopic (exact) mass is 304 g/mol. The SMILES string of the molecule is CNCCN(C)C(=O)c1oc2ccccc2c1COC(C)C. The van der Waals surface area contributed by atoms with Crippen molar-refractivity contribution in [1.29, 1.82) is 0 Å². The normalized spacial score (nSPS) is 11.3. The van der Waals surface area contributed by atoms with Gasteiger partial charge in [-0.05, 0) is 27.0 Å². The van der Waals surface area contributed by atoms with Crippen LogP contribution >= 0.6 is 0 Å². The number of nitrogens with zero attached hydrogens (tertiary/aromatic N) is 1. The summed E-state index contributed by atoms with van der Waals surface area (Å²) in [5.74, 6) is 0.259. The maximum atomic E-state index is 12.6. The number of furan rings is 1. The van der Waals surface area contributed by atoms with Crippen molar-refractivity contribution >= 4 is 16.9 Å². The quantitative estimate of drug-likeness (QED) is 0.854. The van der Waals surface area contributed by atoms with Crippen LogP contribution in [0.4, 0.5) is 0 Å². The van der Waals surface area contributed by atoms with Gasteiger partial charge in [-0.15, -0.1) is 0 Å². The number of likely N-dealkylation sites (N-methyl/N-ethyl adjacent to an activating group) is 2. The predicted molar refractivity (Wildman–Crippen MR) is 87.0 cm³/mol. The highest BCUT2D eigenvalue weighted by Gasteiger charge is 2.23. The molecule has 5 nitrogen and oxygen atoms in total. The Hall–Kier alpha value is -1.85. The number of rotatable bonds is 7. The van der Waals surface area contributed by atoms with E-state index in [-0.39, 0.29) is 12.0 Å². The van der Waals surface area contributed by atoms with Crippen LogP contribution in [0.3, 0.4) is 0 Å². The molecular weight excluding hydrogens is 280 g/mol. The highest BCUT2D eigenvalue weighted by molar-refractivity contribution is 5.98. The van der Waals surface area contributed by atoms with Crippen molar-refractivity contribution in [2.45, 2.75) is 26.6 Å². The number of carbonyl (C=O) groups excluding carboxylic acids is 1. The fourth-order valence-corrected chi connectivity index (χ4v) is 2.22. The molecule has 0 atom stereocenters. The first-order valence-electron chi connectivity index (χ1n) is 7.56. The van der Waals surface area contributed by atoms with Crippen LogP contribution in [-0.2, 0) is 11.3 Å². The third-order valence-corrected chi connectivity index (χ3v) is 3.50. The zero-order chi connectivity index (χ0) is 16.1. The Morgan fingerprint density at radius 2 is 2.09 bits per heavy atom. The summed E-state index contributed by atoms with van der Waals surface area (Å²) >= 11 is 0. The van der Waals surface area contributed by atoms with Gasteiger partial charge in [0.15, 0.2) is 5.76 Å². The summed E-state index contributed by atoms with van der Waals surface area (Å²) in [6.45, 7) is 5.68. The summed E-state index contributed by atoms with van der Waals surface area (Å²) in [7, 11) is 3.64. The van der Waals surface area contributed by atoms with Gasteiger partial charge in [0, 0.05) is 31.1 Å². The second-order valence-electron chi connectivity index (χ2n) is 5.60. The Balaban J connectivity index is 2.34. The molecule has 1 heterocycles. The van der Waals surface area contributed by atoms with Crippen LogP contribution in [0, 0.1) is 0 Å². The van der Waals surface area contributed by atoms with E-state index < -0.39 is 0 Å². The maximum Gasteiger partial charge on any atom is 0.289 e. The lowest BCUT2D eigenvalue weighted by Gasteiger charge is -2.16. The van der Waals surface area contributed by atoms with E-state index in [1.807, 2.05) is 45.2 Å². The van der Waals surface area contributed by atoms with Crippen molar-refractivity contribution < 1.29 is 13.9 Å². The van der Waals surface area contributed by atoms with Crippen LogP contribution in [0.1, 0.15) is 30.0 Å². The topological polar surface area (TPSA) is 54.7 Å². The molecule has 1 aromatic heterocycles. The lowest BCUT2D eigenvalue weighted by atomic mass is 10.1. The number of benzene rings is 1. The minimum atomic E-state index is -0.117. The van der Waals surface area contributed by atoms with Gasteiger partial charge < -0.3 is 19.4 Å². The first-order valence-corrected chi connectivity index (χ1v) is 7.56. The van der Waals surface area contributed by atoms with Crippen LogP contribution in [-0.4, -0.2) is 44.1 Å². The molecule has 0 aliphatic heterocycles. The lowest BCUT2D eigenvalue weighted by Crippen LogP contribution is -2.33. The third kappa shape index (κ3) is 3.67. The molecule has 5 heteroatoms. The average Bonchev–Trinajstić information content (AvgIpc) is 2.88. The fraction of sp³-hybridized carbons (Fsp3) is 0.471. The van der Waals surface area contributed by atoms with Crippen LogP contribution in [0.15, 0.2) is 28.7 Å². The molecule has 1 N–H and O–H groups in total. The van der Waals surface area contributed by atoms with Gasteiger partial charge in [0.1, 0.15) is 5.58 Å². The van der Waals surface area contributed by atoms with Gasteiger partial charge in [-0.1, -0.05) is 18.2 Å². The zero-order valence-electron chi connectivity index (χ0n) is 13.7. The second kappa shape index (κ2) is 7.42. The fourth-order valence-electron chi connectivity index (χ4n) is 2.22. The summed E-state index contributed by atoms with van der Waals surface area (Å²) in [4.78, 5) is 14.3. The number of carbonyl (C=O) groups is 1. The van der Waals surface area contributed by atoms with Crippen molar-refractivity contribution in [2.75, 3.05) is 27.2 Å². The molecule has 0 unspecified atom stereocenters. The second-order valence-corrected chi connectivity index (χ2v) is 5.60. The Bertz CT molecular complexity index is 634. The molecule has 0 saturated heterocycles. The molecule has 2 aromatic rings. The van der Waals surface area contributed by atoms with E-state index in [9.17, 15) is 4.79 Å². The van der Waals surface area contributed by atoms with E-state index in [4.69, 9.17) is 9.15 Å². The molecule has 1 amide bonds. The van der Waals surface area contributed by atoms with Crippen LogP contribution in [0.5, 0.6) is 0 Å². The lowest BCUT2D eigenvalue weighted by molar-refractivity contribution is 0.0623. The van der Waals surface area contributed by atoms with Crippen molar-refractivity contribution in [3.63, 3.8) is 0 Å². The number of nitrogens with one attached hydrogen (secondary N) is 1. The van der Waals surface area contributed by atoms with Crippen molar-refractivity contribution in [2.24, 2.45) is 0 Å². The van der Waals surface area contributed by atoms with Crippen LogP contribution in [0.2, 0.25) is 0 Å². The van der Waals surface area contributed by atoms with Gasteiger partial charge in [-0.2, -0.15) is 0 Å². The molecular formula is C17H24N2O3. The number of amides is 1. The Morgan fingerprint density at radius 1 is 1.36 bits per heavy atom. The molecule has 0 saturated carbocycles. The molecule has 0 spiro atoms. The van der Waals surface area contributed by atoms with Crippen molar-refractivity contribution in [1.82, 2.24) is 10.2 Å². The molecule has 0 aliphatic carbocycles. The first kappa shape index (κ1) is 16.5. The molecule has 0 fully saturated rings. The van der Waals surface area contributed by atoms with E-state index in [1.54, 1.807) is 11.9 Å². The molecule has 2 rings (SSSR count). The van der Waals surface area contributed by atoms with Gasteiger partial charge in [-0.25, -0.2) is 0 Å². The number of ether oxygens (including phenoxy) is 1. The van der Waals surface area contributed by atoms with E-state index in [0.717, 1.165) is 23.1 Å². The minimum absolute atomic E-state index is 0.0960. The highest BCUT2D eigenvalue weighted by Crippen LogP contribution is 2.27. The zero-order valence-corrected chi connectivity index (χ0v) is 13.7. The molecule has 0 aliphatic rings. The van der Waals surface area contributed by atoms with Crippen LogP contribution in [0.25, 0.3) is 11.0 Å². The van der Waals surface area contributed by atoms with E-state index in [1.165, 1.54) is 0 Å². The van der Waals surface area contributed by atoms with E-state index >= 15 is 0 Å². The Labute approximate surface area is 131 Å². The maximum absolute atomic E-state index is 12.6. The number of para-hydroxylation sites is 1. The standard InChI is InChI=1S/C17H24N2O3/c1-12(2)21-11-14-13-7-5-6-8-15(13)22-16(14)17(20)19(4)10-9-18-3/h5-8,12,18H,9-11H2,1-4H3. The van der Waals surface area contributed by atoms with Gasteiger partial charge in [0.25, 0.3) is 5.91 Å². The molecule has 0 bridgehead atoms. The number of hydrogen-bond donors (Lipinski definition) is 1. The first-order chi connectivity index (χ1) is 10.5. The van der Waals surface area contributed by atoms with Crippen LogP contribution < -0.4 is 5.32 Å². The van der Waals surface area contributed by atoms with Crippen molar-refractivity contribution in [3.8, 4) is 0 Å². The molecule has 0 radical (unpaired) electrons. The number of fused-ring (bicyclic) bond motifs is 1. The van der Waals surface area contributed by atoms with Crippen molar-refractivity contribution in [3.05, 3.63) is 35.6 Å². The van der Waals surface area contributed by atoms with Gasteiger partial charge in [0.05, 0.1) is 12.7 Å². The van der Waals surface area contributed by atoms with Gasteiger partial charge >= 0.3 is 0 Å². The largest absolute Gasteiger partial charge is 0.451 e. The Morgan fingerprint density at radius 3 is 2.77 bits per heavy atom. The summed E-state index contributed by atoms with van der Waals surface area (Å²) in [6, 6.07) is 7.68. The predicted octanol–water partition coefficient (Wildman–Crippen LogP) is 2.65. The van der Waals surface area contributed by atoms with E-state index in [2.05, 4.69) is 5.32 Å². The Kier molecular flexibility index (Phi) is 5.57. The summed E-state index contributed by atoms with van der Waals surface area (Å²) in [6.07, 6.45) is 0.0960. The highest BCUT2D eigenvalue weighted by atomic mass is 16.5. The smallest absolute Gasteiger partial charge is 0.289 e. The molecule has 120 valence electrons. The van der Waals surface area contributed by atoms with Gasteiger partial charge in [0.2, 0.25) is 0 Å². The number of hydrogen-bond acceptors (Lipinski definition) is 4. The summed E-state index contributed by atoms with van der Waals surface area (Å²) in [5, 5.41) is 3.98. The average molecular weight is 304 g/mol.